The predicted molar refractivity (Wildman–Crippen MR) is 79.8 cm³/mol. The first kappa shape index (κ1) is 13.1. The van der Waals surface area contributed by atoms with E-state index in [0.717, 1.165) is 10.9 Å². The molecule has 3 aromatic rings. The minimum Gasteiger partial charge on any atom is -0.361 e. The third-order valence-corrected chi connectivity index (χ3v) is 3.08. The van der Waals surface area contributed by atoms with E-state index in [1.807, 2.05) is 18.2 Å². The number of benzene rings is 2. The van der Waals surface area contributed by atoms with Crippen molar-refractivity contribution in [1.29, 1.82) is 0 Å². The maximum atomic E-state index is 12.8. The van der Waals surface area contributed by atoms with E-state index in [2.05, 4.69) is 15.5 Å². The van der Waals surface area contributed by atoms with Gasteiger partial charge in [0, 0.05) is 11.6 Å². The van der Waals surface area contributed by atoms with E-state index in [1.54, 1.807) is 24.4 Å². The normalized spacial score (nSPS) is 11.1. The molecule has 0 saturated carbocycles. The molecular weight excluding hydrogens is 269 g/mol. The Kier molecular flexibility index (Phi) is 3.47. The van der Waals surface area contributed by atoms with Crippen LogP contribution in [0.25, 0.3) is 10.9 Å². The Hall–Kier alpha value is -2.95. The number of aromatic amines is 1. The lowest BCUT2D eigenvalue weighted by atomic mass is 10.1. The number of H-pyrrole nitrogens is 1. The van der Waals surface area contributed by atoms with Gasteiger partial charge in [0.25, 0.3) is 5.91 Å². The van der Waals surface area contributed by atoms with Crippen LogP contribution in [0.1, 0.15) is 15.9 Å². The summed E-state index contributed by atoms with van der Waals surface area (Å²) < 4.78 is 12.8. The van der Waals surface area contributed by atoms with Gasteiger partial charge in [-0.05, 0) is 29.8 Å². The number of nitrogens with one attached hydrogen (secondary N) is 2. The molecule has 0 aliphatic rings. The lowest BCUT2D eigenvalue weighted by Gasteiger charge is -2.01. The Bertz CT molecular complexity index is 806. The number of hydrazone groups is 1. The first-order valence-corrected chi connectivity index (χ1v) is 6.39. The summed E-state index contributed by atoms with van der Waals surface area (Å²) in [6.45, 7) is 0. The quantitative estimate of drug-likeness (QED) is 0.562. The Balaban J connectivity index is 1.74. The van der Waals surface area contributed by atoms with Crippen LogP contribution in [0.2, 0.25) is 0 Å². The summed E-state index contributed by atoms with van der Waals surface area (Å²) in [5, 5.41) is 4.84. The van der Waals surface area contributed by atoms with Crippen LogP contribution in [-0.4, -0.2) is 17.1 Å². The molecule has 0 bridgehead atoms. The zero-order chi connectivity index (χ0) is 14.7. The highest BCUT2D eigenvalue weighted by molar-refractivity contribution is 6.05. The third kappa shape index (κ3) is 2.81. The van der Waals surface area contributed by atoms with Crippen LogP contribution in [0.3, 0.4) is 0 Å². The molecule has 0 aliphatic heterocycles. The summed E-state index contributed by atoms with van der Waals surface area (Å²) in [7, 11) is 0. The monoisotopic (exact) mass is 281 g/mol. The number of hydrogen-bond donors (Lipinski definition) is 2. The molecule has 0 spiro atoms. The molecule has 5 heteroatoms. The van der Waals surface area contributed by atoms with Crippen LogP contribution in [0.15, 0.2) is 59.8 Å². The van der Waals surface area contributed by atoms with Gasteiger partial charge in [0.05, 0.1) is 17.3 Å². The zero-order valence-corrected chi connectivity index (χ0v) is 11.0. The SMILES string of the molecule is O=C(N/N=C/c1ccc(F)cc1)c1cccc2cc[nH]c12. The zero-order valence-electron chi connectivity index (χ0n) is 11.0. The molecule has 0 unspecified atom stereocenters. The topological polar surface area (TPSA) is 57.2 Å². The van der Waals surface area contributed by atoms with Crippen molar-refractivity contribution in [1.82, 2.24) is 10.4 Å². The standard InChI is InChI=1S/C16H12FN3O/c17-13-6-4-11(5-7-13)10-19-20-16(21)14-3-1-2-12-8-9-18-15(12)14/h1-10,18H,(H,20,21)/b19-10+. The van der Waals surface area contributed by atoms with Gasteiger partial charge in [-0.15, -0.1) is 0 Å². The smallest absolute Gasteiger partial charge is 0.273 e. The predicted octanol–water partition coefficient (Wildman–Crippen LogP) is 3.07. The fourth-order valence-corrected chi connectivity index (χ4v) is 2.05. The second kappa shape index (κ2) is 5.58. The number of halogens is 1. The van der Waals surface area contributed by atoms with Gasteiger partial charge in [-0.3, -0.25) is 4.79 Å². The van der Waals surface area contributed by atoms with Gasteiger partial charge in [-0.25, -0.2) is 9.82 Å². The number of fused-ring (bicyclic) bond motifs is 1. The number of carbonyl (C=O) groups excluding carboxylic acids is 1. The maximum Gasteiger partial charge on any atom is 0.273 e. The minimum atomic E-state index is -0.311. The highest BCUT2D eigenvalue weighted by Gasteiger charge is 2.09. The Morgan fingerprint density at radius 2 is 1.95 bits per heavy atom. The van der Waals surface area contributed by atoms with Gasteiger partial charge in [0.1, 0.15) is 5.82 Å². The molecule has 0 atom stereocenters. The molecule has 0 fully saturated rings. The molecule has 1 heterocycles. The van der Waals surface area contributed by atoms with E-state index in [4.69, 9.17) is 0 Å². The average molecular weight is 281 g/mol. The van der Waals surface area contributed by atoms with Crippen LogP contribution in [0.5, 0.6) is 0 Å². The van der Waals surface area contributed by atoms with Crippen LogP contribution < -0.4 is 5.43 Å². The lowest BCUT2D eigenvalue weighted by molar-refractivity contribution is 0.0956. The molecule has 0 radical (unpaired) electrons. The number of hydrogen-bond acceptors (Lipinski definition) is 2. The Morgan fingerprint density at radius 3 is 2.76 bits per heavy atom. The fraction of sp³-hybridized carbons (Fsp3) is 0. The molecule has 2 N–H and O–H groups in total. The van der Waals surface area contributed by atoms with E-state index in [0.29, 0.717) is 11.1 Å². The van der Waals surface area contributed by atoms with Crippen molar-refractivity contribution in [2.24, 2.45) is 5.10 Å². The molecule has 0 saturated heterocycles. The molecule has 2 aromatic carbocycles. The highest BCUT2D eigenvalue weighted by Crippen LogP contribution is 2.16. The molecule has 1 amide bonds. The van der Waals surface area contributed by atoms with Gasteiger partial charge >= 0.3 is 0 Å². The number of carbonyl (C=O) groups is 1. The molecule has 4 nitrogen and oxygen atoms in total. The largest absolute Gasteiger partial charge is 0.361 e. The summed E-state index contributed by atoms with van der Waals surface area (Å²) in [4.78, 5) is 15.1. The summed E-state index contributed by atoms with van der Waals surface area (Å²) >= 11 is 0. The molecule has 1 aromatic heterocycles. The van der Waals surface area contributed by atoms with Crippen LogP contribution >= 0.6 is 0 Å². The average Bonchev–Trinajstić information content (AvgIpc) is 2.97. The summed E-state index contributed by atoms with van der Waals surface area (Å²) in [6.07, 6.45) is 3.25. The van der Waals surface area contributed by atoms with Crippen LogP contribution in [-0.2, 0) is 0 Å². The molecule has 104 valence electrons. The van der Waals surface area contributed by atoms with Crippen molar-refractivity contribution in [2.75, 3.05) is 0 Å². The first-order chi connectivity index (χ1) is 10.2. The van der Waals surface area contributed by atoms with E-state index < -0.39 is 0 Å². The summed E-state index contributed by atoms with van der Waals surface area (Å²) in [5.41, 5.74) is 4.46. The lowest BCUT2D eigenvalue weighted by Crippen LogP contribution is -2.17. The van der Waals surface area contributed by atoms with Crippen molar-refractivity contribution in [3.05, 3.63) is 71.7 Å². The first-order valence-electron chi connectivity index (χ1n) is 6.39. The summed E-state index contributed by atoms with van der Waals surface area (Å²) in [5.74, 6) is -0.615. The van der Waals surface area contributed by atoms with Gasteiger partial charge in [-0.2, -0.15) is 5.10 Å². The molecular formula is C16H12FN3O. The third-order valence-electron chi connectivity index (χ3n) is 3.08. The fourth-order valence-electron chi connectivity index (χ4n) is 2.05. The van der Waals surface area contributed by atoms with Crippen molar-refractivity contribution < 1.29 is 9.18 Å². The Morgan fingerprint density at radius 1 is 1.14 bits per heavy atom. The number of rotatable bonds is 3. The van der Waals surface area contributed by atoms with E-state index in [1.165, 1.54) is 18.3 Å². The van der Waals surface area contributed by atoms with Gasteiger partial charge in [0.2, 0.25) is 0 Å². The second-order valence-electron chi connectivity index (χ2n) is 4.50. The van der Waals surface area contributed by atoms with Crippen molar-refractivity contribution >= 4 is 23.0 Å². The number of para-hydroxylation sites is 1. The molecule has 21 heavy (non-hydrogen) atoms. The van der Waals surface area contributed by atoms with Gasteiger partial charge in [-0.1, -0.05) is 24.3 Å². The number of amides is 1. The van der Waals surface area contributed by atoms with Crippen molar-refractivity contribution in [3.63, 3.8) is 0 Å². The minimum absolute atomic E-state index is 0.304. The number of aromatic nitrogens is 1. The van der Waals surface area contributed by atoms with Crippen molar-refractivity contribution in [3.8, 4) is 0 Å². The van der Waals surface area contributed by atoms with E-state index >= 15 is 0 Å². The molecule has 3 rings (SSSR count). The van der Waals surface area contributed by atoms with E-state index in [9.17, 15) is 9.18 Å². The van der Waals surface area contributed by atoms with Gasteiger partial charge in [0.15, 0.2) is 0 Å². The van der Waals surface area contributed by atoms with Gasteiger partial charge < -0.3 is 4.98 Å². The number of nitrogens with zero attached hydrogens (tertiary/aromatic N) is 1. The maximum absolute atomic E-state index is 12.8. The Labute approximate surface area is 120 Å². The van der Waals surface area contributed by atoms with Crippen molar-refractivity contribution in [2.45, 2.75) is 0 Å². The summed E-state index contributed by atoms with van der Waals surface area (Å²) in [6, 6.07) is 13.2. The highest BCUT2D eigenvalue weighted by atomic mass is 19.1. The molecule has 0 aliphatic carbocycles. The second-order valence-corrected chi connectivity index (χ2v) is 4.50. The van der Waals surface area contributed by atoms with E-state index in [-0.39, 0.29) is 11.7 Å². The van der Waals surface area contributed by atoms with Crippen LogP contribution in [0.4, 0.5) is 4.39 Å². The van der Waals surface area contributed by atoms with Crippen LogP contribution in [0, 0.1) is 5.82 Å².